The SMILES string of the molecule is C=C(/C=C\C(OC)=C(C)C)C1CCC(CNc2cc(-c3cnn(C(C)C)c3)ccn2)CC1. The summed E-state index contributed by atoms with van der Waals surface area (Å²) in [7, 11) is 1.72. The van der Waals surface area contributed by atoms with E-state index in [1.807, 2.05) is 23.1 Å². The Kier molecular flexibility index (Phi) is 8.32. The van der Waals surface area contributed by atoms with E-state index < -0.39 is 0 Å². The van der Waals surface area contributed by atoms with Gasteiger partial charge in [0.25, 0.3) is 0 Å². The smallest absolute Gasteiger partial charge is 0.126 e. The standard InChI is InChI=1S/C27H38N4O/c1-19(2)26(32-6)12-7-21(5)23-10-8-22(9-11-23)16-29-27-15-24(13-14-28-27)25-17-30-31(18-25)20(3)4/h7,12-15,17-18,20,22-23H,5,8-11,16H2,1-4,6H3,(H,28,29)/b12-7-. The van der Waals surface area contributed by atoms with Gasteiger partial charge in [0.2, 0.25) is 0 Å². The summed E-state index contributed by atoms with van der Waals surface area (Å²) in [5, 5.41) is 8.01. The summed E-state index contributed by atoms with van der Waals surface area (Å²) < 4.78 is 7.41. The van der Waals surface area contributed by atoms with E-state index in [9.17, 15) is 0 Å². The highest BCUT2D eigenvalue weighted by molar-refractivity contribution is 5.64. The van der Waals surface area contributed by atoms with Crippen molar-refractivity contribution in [2.24, 2.45) is 11.8 Å². The third-order valence-electron chi connectivity index (χ3n) is 6.33. The fraction of sp³-hybridized carbons (Fsp3) is 0.481. The molecular formula is C27H38N4O. The van der Waals surface area contributed by atoms with Crippen molar-refractivity contribution in [1.29, 1.82) is 0 Å². The maximum absolute atomic E-state index is 5.42. The molecule has 1 fully saturated rings. The molecule has 3 rings (SSSR count). The average Bonchev–Trinajstić information content (AvgIpc) is 3.29. The number of aromatic nitrogens is 3. The van der Waals surface area contributed by atoms with Crippen LogP contribution in [0, 0.1) is 11.8 Å². The monoisotopic (exact) mass is 434 g/mol. The molecule has 32 heavy (non-hydrogen) atoms. The van der Waals surface area contributed by atoms with E-state index in [-0.39, 0.29) is 0 Å². The highest BCUT2D eigenvalue weighted by Crippen LogP contribution is 2.33. The molecule has 0 radical (unpaired) electrons. The molecule has 0 aromatic carbocycles. The fourth-order valence-corrected chi connectivity index (χ4v) is 4.22. The summed E-state index contributed by atoms with van der Waals surface area (Å²) in [6, 6.07) is 4.52. The van der Waals surface area contributed by atoms with Gasteiger partial charge >= 0.3 is 0 Å². The van der Waals surface area contributed by atoms with Gasteiger partial charge in [-0.05, 0) is 94.6 Å². The van der Waals surface area contributed by atoms with Crippen molar-refractivity contribution in [2.75, 3.05) is 19.0 Å². The molecule has 5 heteroatoms. The van der Waals surface area contributed by atoms with Crippen LogP contribution >= 0.6 is 0 Å². The topological polar surface area (TPSA) is 52.0 Å². The summed E-state index contributed by atoms with van der Waals surface area (Å²) in [5.41, 5.74) is 4.66. The first-order chi connectivity index (χ1) is 15.4. The molecule has 2 heterocycles. The molecule has 172 valence electrons. The summed E-state index contributed by atoms with van der Waals surface area (Å²) in [6.45, 7) is 13.7. The maximum Gasteiger partial charge on any atom is 0.126 e. The van der Waals surface area contributed by atoms with Crippen LogP contribution in [-0.4, -0.2) is 28.4 Å². The van der Waals surface area contributed by atoms with Crippen LogP contribution in [0.2, 0.25) is 0 Å². The zero-order valence-corrected chi connectivity index (χ0v) is 20.3. The van der Waals surface area contributed by atoms with Gasteiger partial charge < -0.3 is 10.1 Å². The van der Waals surface area contributed by atoms with Gasteiger partial charge in [-0.2, -0.15) is 5.10 Å². The Labute approximate surface area is 193 Å². The van der Waals surface area contributed by atoms with Crippen molar-refractivity contribution in [3.8, 4) is 11.1 Å². The fourth-order valence-electron chi connectivity index (χ4n) is 4.22. The van der Waals surface area contributed by atoms with Gasteiger partial charge in [0.15, 0.2) is 0 Å². The number of nitrogens with one attached hydrogen (secondary N) is 1. The molecule has 1 aliphatic carbocycles. The molecule has 0 aliphatic heterocycles. The number of anilines is 1. The molecule has 1 aliphatic rings. The van der Waals surface area contributed by atoms with E-state index in [0.29, 0.717) is 17.9 Å². The molecule has 2 aromatic rings. The number of nitrogens with zero attached hydrogens (tertiary/aromatic N) is 3. The number of hydrogen-bond acceptors (Lipinski definition) is 4. The number of allylic oxidation sites excluding steroid dienone is 4. The Morgan fingerprint density at radius 1 is 1.22 bits per heavy atom. The summed E-state index contributed by atoms with van der Waals surface area (Å²) in [5.74, 6) is 3.10. The minimum Gasteiger partial charge on any atom is -0.497 e. The first kappa shape index (κ1) is 23.8. The molecule has 0 bridgehead atoms. The first-order valence-electron chi connectivity index (χ1n) is 11.7. The average molecular weight is 435 g/mol. The van der Waals surface area contributed by atoms with E-state index in [4.69, 9.17) is 4.74 Å². The lowest BCUT2D eigenvalue weighted by atomic mass is 9.78. The van der Waals surface area contributed by atoms with Crippen LogP contribution in [0.5, 0.6) is 0 Å². The molecule has 0 saturated heterocycles. The highest BCUT2D eigenvalue weighted by Gasteiger charge is 2.22. The Morgan fingerprint density at radius 2 is 1.97 bits per heavy atom. The predicted molar refractivity (Wildman–Crippen MR) is 133 cm³/mol. The van der Waals surface area contributed by atoms with Crippen LogP contribution in [-0.2, 0) is 4.74 Å². The first-order valence-corrected chi connectivity index (χ1v) is 11.7. The molecule has 2 aromatic heterocycles. The number of rotatable bonds is 9. The third kappa shape index (κ3) is 6.35. The van der Waals surface area contributed by atoms with Crippen molar-refractivity contribution < 1.29 is 4.74 Å². The second kappa shape index (κ2) is 11.2. The van der Waals surface area contributed by atoms with Crippen LogP contribution < -0.4 is 5.32 Å². The molecule has 1 saturated carbocycles. The number of methoxy groups -OCH3 is 1. The molecular weight excluding hydrogens is 396 g/mol. The lowest BCUT2D eigenvalue weighted by Crippen LogP contribution is -2.22. The zero-order chi connectivity index (χ0) is 23.1. The summed E-state index contributed by atoms with van der Waals surface area (Å²) >= 11 is 0. The van der Waals surface area contributed by atoms with Gasteiger partial charge in [0.05, 0.1) is 13.3 Å². The van der Waals surface area contributed by atoms with Crippen molar-refractivity contribution in [1.82, 2.24) is 14.8 Å². The maximum atomic E-state index is 5.42. The zero-order valence-electron chi connectivity index (χ0n) is 20.3. The van der Waals surface area contributed by atoms with Crippen LogP contribution in [0.15, 0.2) is 66.4 Å². The normalized spacial score (nSPS) is 18.7. The number of ether oxygens (including phenoxy) is 1. The van der Waals surface area contributed by atoms with Gasteiger partial charge in [-0.3, -0.25) is 4.68 Å². The van der Waals surface area contributed by atoms with Gasteiger partial charge in [0, 0.05) is 30.5 Å². The van der Waals surface area contributed by atoms with Crippen LogP contribution in [0.4, 0.5) is 5.82 Å². The lowest BCUT2D eigenvalue weighted by molar-refractivity contribution is 0.301. The lowest BCUT2D eigenvalue weighted by Gasteiger charge is -2.29. The van der Waals surface area contributed by atoms with Gasteiger partial charge in [0.1, 0.15) is 11.6 Å². The Morgan fingerprint density at radius 3 is 2.59 bits per heavy atom. The Hall–Kier alpha value is -2.82. The van der Waals surface area contributed by atoms with E-state index in [1.165, 1.54) is 36.8 Å². The molecule has 1 N–H and O–H groups in total. The quantitative estimate of drug-likeness (QED) is 0.348. The van der Waals surface area contributed by atoms with Gasteiger partial charge in [-0.25, -0.2) is 4.98 Å². The molecule has 0 amide bonds. The van der Waals surface area contributed by atoms with E-state index in [1.54, 1.807) is 7.11 Å². The molecule has 0 unspecified atom stereocenters. The minimum atomic E-state index is 0.360. The Bertz CT molecular complexity index is 958. The van der Waals surface area contributed by atoms with E-state index >= 15 is 0 Å². The second-order valence-electron chi connectivity index (χ2n) is 9.31. The molecule has 0 spiro atoms. The van der Waals surface area contributed by atoms with Gasteiger partial charge in [-0.1, -0.05) is 18.2 Å². The highest BCUT2D eigenvalue weighted by atomic mass is 16.5. The third-order valence-corrected chi connectivity index (χ3v) is 6.33. The van der Waals surface area contributed by atoms with Crippen LogP contribution in [0.3, 0.4) is 0 Å². The summed E-state index contributed by atoms with van der Waals surface area (Å²) in [6.07, 6.45) is 14.9. The van der Waals surface area contributed by atoms with Gasteiger partial charge in [-0.15, -0.1) is 0 Å². The number of hydrogen-bond donors (Lipinski definition) is 1. The van der Waals surface area contributed by atoms with Crippen molar-refractivity contribution in [2.45, 2.75) is 59.4 Å². The summed E-state index contributed by atoms with van der Waals surface area (Å²) in [4.78, 5) is 4.52. The second-order valence-corrected chi connectivity index (χ2v) is 9.31. The minimum absolute atomic E-state index is 0.360. The van der Waals surface area contributed by atoms with E-state index in [2.05, 4.69) is 74.1 Å². The van der Waals surface area contributed by atoms with Crippen molar-refractivity contribution in [3.63, 3.8) is 0 Å². The number of pyridine rings is 1. The molecule has 5 nitrogen and oxygen atoms in total. The van der Waals surface area contributed by atoms with Crippen LogP contribution in [0.1, 0.15) is 59.4 Å². The van der Waals surface area contributed by atoms with E-state index in [0.717, 1.165) is 29.2 Å². The van der Waals surface area contributed by atoms with Crippen molar-refractivity contribution in [3.05, 3.63) is 66.4 Å². The van der Waals surface area contributed by atoms with Crippen LogP contribution in [0.25, 0.3) is 11.1 Å². The largest absolute Gasteiger partial charge is 0.497 e. The molecule has 0 atom stereocenters. The Balaban J connectivity index is 1.49. The van der Waals surface area contributed by atoms with Crippen molar-refractivity contribution >= 4 is 5.82 Å². The predicted octanol–water partition coefficient (Wildman–Crippen LogP) is 6.80.